The third kappa shape index (κ3) is 10.2. The topological polar surface area (TPSA) is 101 Å². The fourth-order valence-corrected chi connectivity index (χ4v) is 3.07. The summed E-state index contributed by atoms with van der Waals surface area (Å²) in [6.45, 7) is 5.02. The first-order valence-electron chi connectivity index (χ1n) is 7.39. The maximum absolute atomic E-state index is 11.6. The van der Waals surface area contributed by atoms with Crippen LogP contribution >= 0.6 is 0 Å². The third-order valence-corrected chi connectivity index (χ3v) is 4.58. The van der Waals surface area contributed by atoms with Crippen molar-refractivity contribution < 1.29 is 13.2 Å². The number of nitrogens with two attached hydrogens (primary N) is 1. The molecule has 0 saturated carbocycles. The Balaban J connectivity index is 3.88. The van der Waals surface area contributed by atoms with Crippen LogP contribution in [0.3, 0.4) is 0 Å². The highest BCUT2D eigenvalue weighted by Crippen LogP contribution is 2.16. The normalized spacial score (nSPS) is 13.2. The van der Waals surface area contributed by atoms with E-state index in [0.29, 0.717) is 25.4 Å². The zero-order valence-electron chi connectivity index (χ0n) is 12.7. The Morgan fingerprint density at radius 2 is 1.90 bits per heavy atom. The smallest absolute Gasteiger partial charge is 0.220 e. The minimum Gasteiger partial charge on any atom is -0.355 e. The minimum atomic E-state index is -3.26. The van der Waals surface area contributed by atoms with E-state index in [4.69, 9.17) is 5.73 Å². The van der Waals surface area contributed by atoms with Crippen molar-refractivity contribution in [1.29, 1.82) is 0 Å². The van der Waals surface area contributed by atoms with Gasteiger partial charge in [0.25, 0.3) is 0 Å². The molecule has 1 atom stereocenters. The molecule has 0 spiro atoms. The van der Waals surface area contributed by atoms with Gasteiger partial charge in [0.15, 0.2) is 0 Å². The van der Waals surface area contributed by atoms with Gasteiger partial charge in [-0.05, 0) is 25.3 Å². The Morgan fingerprint density at radius 3 is 2.45 bits per heavy atom. The molecule has 0 bridgehead atoms. The van der Waals surface area contributed by atoms with Gasteiger partial charge in [0, 0.05) is 19.5 Å². The molecule has 0 aliphatic carbocycles. The summed E-state index contributed by atoms with van der Waals surface area (Å²) < 4.78 is 25.1. The van der Waals surface area contributed by atoms with Gasteiger partial charge in [-0.25, -0.2) is 13.1 Å². The maximum atomic E-state index is 11.6. The number of nitrogens with one attached hydrogen (secondary N) is 2. The lowest BCUT2D eigenvalue weighted by molar-refractivity contribution is -0.121. The Labute approximate surface area is 122 Å². The van der Waals surface area contributed by atoms with Gasteiger partial charge in [0.1, 0.15) is 0 Å². The molecule has 1 amide bonds. The molecule has 1 unspecified atom stereocenters. The summed E-state index contributed by atoms with van der Waals surface area (Å²) in [4.78, 5) is 11.6. The number of rotatable bonds is 12. The van der Waals surface area contributed by atoms with Gasteiger partial charge in [-0.2, -0.15) is 0 Å². The summed E-state index contributed by atoms with van der Waals surface area (Å²) in [7, 11) is -3.26. The number of hydrogen-bond acceptors (Lipinski definition) is 4. The summed E-state index contributed by atoms with van der Waals surface area (Å²) in [6.07, 6.45) is 4.37. The van der Waals surface area contributed by atoms with Gasteiger partial charge in [0.2, 0.25) is 15.9 Å². The van der Waals surface area contributed by atoms with E-state index in [9.17, 15) is 13.2 Å². The molecule has 0 heterocycles. The second-order valence-electron chi connectivity index (χ2n) is 4.94. The van der Waals surface area contributed by atoms with Gasteiger partial charge in [-0.15, -0.1) is 0 Å². The molecule has 0 radical (unpaired) electrons. The van der Waals surface area contributed by atoms with Crippen LogP contribution < -0.4 is 15.8 Å². The third-order valence-electron chi connectivity index (χ3n) is 3.11. The zero-order valence-corrected chi connectivity index (χ0v) is 13.5. The number of amides is 1. The molecule has 0 aromatic heterocycles. The first-order chi connectivity index (χ1) is 9.45. The number of carbonyl (C=O) groups excluding carboxylic acids is 1. The van der Waals surface area contributed by atoms with Crippen molar-refractivity contribution >= 4 is 15.9 Å². The zero-order chi connectivity index (χ0) is 15.4. The van der Waals surface area contributed by atoms with Crippen molar-refractivity contribution in [3.8, 4) is 0 Å². The Kier molecular flexibility index (Phi) is 10.7. The van der Waals surface area contributed by atoms with E-state index in [1.165, 1.54) is 0 Å². The van der Waals surface area contributed by atoms with E-state index in [2.05, 4.69) is 17.0 Å². The van der Waals surface area contributed by atoms with Crippen LogP contribution in [-0.2, 0) is 14.8 Å². The number of hydrogen-bond donors (Lipinski definition) is 3. The van der Waals surface area contributed by atoms with Crippen molar-refractivity contribution in [3.63, 3.8) is 0 Å². The number of carbonyl (C=O) groups is 1. The molecule has 0 rings (SSSR count). The van der Waals surface area contributed by atoms with Gasteiger partial charge in [0.05, 0.1) is 5.75 Å². The second-order valence-corrected chi connectivity index (χ2v) is 6.86. The van der Waals surface area contributed by atoms with Gasteiger partial charge in [-0.3, -0.25) is 4.79 Å². The quantitative estimate of drug-likeness (QED) is 0.491. The van der Waals surface area contributed by atoms with Crippen molar-refractivity contribution in [2.75, 3.05) is 25.4 Å². The molecule has 120 valence electrons. The largest absolute Gasteiger partial charge is 0.355 e. The van der Waals surface area contributed by atoms with Gasteiger partial charge >= 0.3 is 0 Å². The van der Waals surface area contributed by atoms with Crippen molar-refractivity contribution in [1.82, 2.24) is 10.0 Å². The van der Waals surface area contributed by atoms with Gasteiger partial charge < -0.3 is 11.1 Å². The van der Waals surface area contributed by atoms with E-state index in [0.717, 1.165) is 25.7 Å². The highest BCUT2D eigenvalue weighted by Gasteiger charge is 2.12. The molecule has 7 heteroatoms. The molecular weight excluding hydrogens is 278 g/mol. The van der Waals surface area contributed by atoms with Crippen LogP contribution in [-0.4, -0.2) is 39.7 Å². The maximum Gasteiger partial charge on any atom is 0.220 e. The second kappa shape index (κ2) is 11.0. The predicted octanol–water partition coefficient (Wildman–Crippen LogP) is 0.587. The molecule has 0 aromatic rings. The van der Waals surface area contributed by atoms with Crippen LogP contribution in [0.4, 0.5) is 0 Å². The van der Waals surface area contributed by atoms with E-state index >= 15 is 0 Å². The Morgan fingerprint density at radius 1 is 1.20 bits per heavy atom. The lowest BCUT2D eigenvalue weighted by Gasteiger charge is -2.14. The minimum absolute atomic E-state index is 0.0756. The first kappa shape index (κ1) is 19.3. The fraction of sp³-hybridized carbons (Fsp3) is 0.923. The van der Waals surface area contributed by atoms with Crippen molar-refractivity contribution in [3.05, 3.63) is 0 Å². The SMILES string of the molecule is CCCC(CCN)CCC(=O)NCCS(=O)(=O)NCC. The summed E-state index contributed by atoms with van der Waals surface area (Å²) in [5, 5.41) is 2.65. The molecular formula is C13H29N3O3S. The van der Waals surface area contributed by atoms with Crippen LogP contribution in [0.5, 0.6) is 0 Å². The highest BCUT2D eigenvalue weighted by atomic mass is 32.2. The average molecular weight is 307 g/mol. The van der Waals surface area contributed by atoms with Gasteiger partial charge in [-0.1, -0.05) is 26.7 Å². The van der Waals surface area contributed by atoms with E-state index in [-0.39, 0.29) is 18.2 Å². The fourth-order valence-electron chi connectivity index (χ4n) is 2.12. The van der Waals surface area contributed by atoms with Crippen LogP contribution in [0.15, 0.2) is 0 Å². The standard InChI is InChI=1S/C13H29N3O3S/c1-3-5-12(8-9-14)6-7-13(17)15-10-11-20(18,19)16-4-2/h12,16H,3-11,14H2,1-2H3,(H,15,17). The van der Waals surface area contributed by atoms with Crippen molar-refractivity contribution in [2.24, 2.45) is 11.7 Å². The molecule has 0 saturated heterocycles. The Bertz CT molecular complexity index is 352. The van der Waals surface area contributed by atoms with Crippen LogP contribution in [0.2, 0.25) is 0 Å². The molecule has 0 aliphatic heterocycles. The summed E-state index contributed by atoms with van der Waals surface area (Å²) in [5.41, 5.74) is 5.55. The van der Waals surface area contributed by atoms with E-state index in [1.54, 1.807) is 6.92 Å². The molecule has 4 N–H and O–H groups in total. The summed E-state index contributed by atoms with van der Waals surface area (Å²) in [5.74, 6) is 0.324. The summed E-state index contributed by atoms with van der Waals surface area (Å²) >= 11 is 0. The molecule has 0 aromatic carbocycles. The van der Waals surface area contributed by atoms with E-state index < -0.39 is 10.0 Å². The molecule has 6 nitrogen and oxygen atoms in total. The van der Waals surface area contributed by atoms with Crippen LogP contribution in [0.25, 0.3) is 0 Å². The molecule has 0 aliphatic rings. The predicted molar refractivity (Wildman–Crippen MR) is 81.8 cm³/mol. The summed E-state index contributed by atoms with van der Waals surface area (Å²) in [6, 6.07) is 0. The van der Waals surface area contributed by atoms with Crippen LogP contribution in [0.1, 0.15) is 46.0 Å². The van der Waals surface area contributed by atoms with Crippen LogP contribution in [0, 0.1) is 5.92 Å². The highest BCUT2D eigenvalue weighted by molar-refractivity contribution is 7.89. The molecule has 20 heavy (non-hydrogen) atoms. The molecule has 0 fully saturated rings. The Hall–Kier alpha value is -0.660. The first-order valence-corrected chi connectivity index (χ1v) is 9.04. The van der Waals surface area contributed by atoms with Crippen molar-refractivity contribution in [2.45, 2.75) is 46.0 Å². The number of sulfonamides is 1. The monoisotopic (exact) mass is 307 g/mol. The lowest BCUT2D eigenvalue weighted by atomic mass is 9.94. The lowest BCUT2D eigenvalue weighted by Crippen LogP contribution is -2.34. The van der Waals surface area contributed by atoms with E-state index in [1.807, 2.05) is 0 Å². The average Bonchev–Trinajstić information content (AvgIpc) is 2.36.